The van der Waals surface area contributed by atoms with Gasteiger partial charge in [0, 0.05) is 37.4 Å². The monoisotopic (exact) mass is 500 g/mol. The number of thioether (sulfide) groups is 1. The van der Waals surface area contributed by atoms with E-state index in [0.717, 1.165) is 35.4 Å². The van der Waals surface area contributed by atoms with Crippen LogP contribution < -0.4 is 4.90 Å². The first-order chi connectivity index (χ1) is 17.0. The van der Waals surface area contributed by atoms with E-state index in [1.807, 2.05) is 13.0 Å². The van der Waals surface area contributed by atoms with Crippen LogP contribution in [0.3, 0.4) is 0 Å². The summed E-state index contributed by atoms with van der Waals surface area (Å²) in [5, 5.41) is 0.738. The number of hydrogen-bond acceptors (Lipinski definition) is 8. The molecule has 0 radical (unpaired) electrons. The van der Waals surface area contributed by atoms with E-state index in [-0.39, 0.29) is 17.8 Å². The zero-order valence-electron chi connectivity index (χ0n) is 21.0. The molecule has 2 aliphatic heterocycles. The Morgan fingerprint density at radius 3 is 2.63 bits per heavy atom. The number of esters is 1. The molecule has 0 saturated carbocycles. The maximum atomic E-state index is 12.9. The topological polar surface area (TPSA) is 88.8 Å². The summed E-state index contributed by atoms with van der Waals surface area (Å²) in [4.78, 5) is 38.5. The minimum Gasteiger partial charge on any atom is -0.466 e. The van der Waals surface area contributed by atoms with Gasteiger partial charge in [-0.25, -0.2) is 9.97 Å². The number of anilines is 1. The molecule has 0 aromatic carbocycles. The molecule has 4 rings (SSSR count). The fraction of sp³-hybridized carbons (Fsp3) is 0.615. The lowest BCUT2D eigenvalue weighted by Crippen LogP contribution is -2.40. The molecule has 2 aromatic heterocycles. The molecular formula is C26H36N4O4S. The normalized spacial score (nSPS) is 19.1. The van der Waals surface area contributed by atoms with Crippen LogP contribution in [0, 0.1) is 5.92 Å². The average molecular weight is 501 g/mol. The lowest BCUT2D eigenvalue weighted by molar-refractivity contribution is -0.149. The molecule has 2 saturated heterocycles. The van der Waals surface area contributed by atoms with Gasteiger partial charge in [0.1, 0.15) is 11.6 Å². The second-order valence-electron chi connectivity index (χ2n) is 9.26. The Morgan fingerprint density at radius 2 is 1.91 bits per heavy atom. The van der Waals surface area contributed by atoms with E-state index in [1.165, 1.54) is 31.0 Å². The summed E-state index contributed by atoms with van der Waals surface area (Å²) in [6.45, 7) is 8.67. The summed E-state index contributed by atoms with van der Waals surface area (Å²) in [7, 11) is 0. The Hall–Kier alpha value is -2.55. The quantitative estimate of drug-likeness (QED) is 0.292. The van der Waals surface area contributed by atoms with Crippen LogP contribution in [0.5, 0.6) is 0 Å². The van der Waals surface area contributed by atoms with E-state index in [0.29, 0.717) is 50.1 Å². The van der Waals surface area contributed by atoms with Crippen molar-refractivity contribution in [1.82, 2.24) is 14.9 Å². The lowest BCUT2D eigenvalue weighted by Gasteiger charge is -2.34. The molecule has 0 N–H and O–H groups in total. The molecule has 0 spiro atoms. The number of aryl methyl sites for hydroxylation is 1. The highest BCUT2D eigenvalue weighted by atomic mass is 32.2. The van der Waals surface area contributed by atoms with Gasteiger partial charge in [-0.3, -0.25) is 9.59 Å². The highest BCUT2D eigenvalue weighted by molar-refractivity contribution is 7.98. The molecule has 190 valence electrons. The van der Waals surface area contributed by atoms with Crippen molar-refractivity contribution in [2.45, 2.75) is 76.2 Å². The van der Waals surface area contributed by atoms with Gasteiger partial charge in [-0.05, 0) is 64.5 Å². The van der Waals surface area contributed by atoms with Crippen molar-refractivity contribution < 1.29 is 18.7 Å². The van der Waals surface area contributed by atoms with Crippen molar-refractivity contribution in [3.8, 4) is 0 Å². The molecule has 8 nitrogen and oxygen atoms in total. The molecule has 2 fully saturated rings. The average Bonchev–Trinajstić information content (AvgIpc) is 3.36. The third-order valence-corrected chi connectivity index (χ3v) is 7.69. The van der Waals surface area contributed by atoms with Crippen LogP contribution in [0.25, 0.3) is 0 Å². The first kappa shape index (κ1) is 25.5. The Balaban J connectivity index is 1.35. The van der Waals surface area contributed by atoms with Crippen LogP contribution in [-0.2, 0) is 21.7 Å². The van der Waals surface area contributed by atoms with Crippen molar-refractivity contribution in [2.24, 2.45) is 5.92 Å². The number of rotatable bonds is 8. The number of furan rings is 1. The van der Waals surface area contributed by atoms with E-state index in [1.54, 1.807) is 11.0 Å². The van der Waals surface area contributed by atoms with Crippen LogP contribution in [0.15, 0.2) is 27.8 Å². The standard InChI is InChI=1S/C26H36N4O4S/c1-4-20-16-23(30-13-7-6-8-18(30)3)28-26(27-20)35-17-21-9-10-22(34-21)24(31)29-14-11-19(12-15-29)25(32)33-5-2/h9-10,16,18-19H,4-8,11-15,17H2,1-3H3. The molecule has 4 heterocycles. The van der Waals surface area contributed by atoms with Gasteiger partial charge in [-0.15, -0.1) is 0 Å². The Labute approximate surface area is 211 Å². The molecule has 2 aromatic rings. The number of carbonyl (C=O) groups excluding carboxylic acids is 2. The molecule has 9 heteroatoms. The van der Waals surface area contributed by atoms with E-state index in [4.69, 9.17) is 19.1 Å². The molecule has 2 aliphatic rings. The highest BCUT2D eigenvalue weighted by Gasteiger charge is 2.30. The predicted octanol–water partition coefficient (Wildman–Crippen LogP) is 4.72. The Bertz CT molecular complexity index is 1020. The number of hydrogen-bond donors (Lipinski definition) is 0. The number of likely N-dealkylation sites (tertiary alicyclic amines) is 1. The van der Waals surface area contributed by atoms with Crippen LogP contribution in [0.1, 0.15) is 74.9 Å². The number of carbonyl (C=O) groups is 2. The van der Waals surface area contributed by atoms with Gasteiger partial charge >= 0.3 is 5.97 Å². The van der Waals surface area contributed by atoms with E-state index in [9.17, 15) is 9.59 Å². The van der Waals surface area contributed by atoms with E-state index < -0.39 is 0 Å². The second kappa shape index (κ2) is 11.9. The van der Waals surface area contributed by atoms with E-state index in [2.05, 4.69) is 24.8 Å². The zero-order valence-corrected chi connectivity index (χ0v) is 21.8. The summed E-state index contributed by atoms with van der Waals surface area (Å²) in [5.41, 5.74) is 1.04. The number of ether oxygens (including phenoxy) is 1. The SMILES string of the molecule is CCOC(=O)C1CCN(C(=O)c2ccc(CSc3nc(CC)cc(N4CCCCC4C)n3)o2)CC1. The van der Waals surface area contributed by atoms with Gasteiger partial charge in [0.05, 0.1) is 18.3 Å². The van der Waals surface area contributed by atoms with Gasteiger partial charge < -0.3 is 19.0 Å². The van der Waals surface area contributed by atoms with Crippen molar-refractivity contribution in [3.05, 3.63) is 35.4 Å². The predicted molar refractivity (Wildman–Crippen MR) is 136 cm³/mol. The zero-order chi connectivity index (χ0) is 24.8. The Morgan fingerprint density at radius 1 is 1.11 bits per heavy atom. The Kier molecular flexibility index (Phi) is 8.70. The molecule has 0 bridgehead atoms. The number of aromatic nitrogens is 2. The van der Waals surface area contributed by atoms with Crippen LogP contribution in [0.2, 0.25) is 0 Å². The summed E-state index contributed by atoms with van der Waals surface area (Å²) in [6, 6.07) is 6.19. The molecule has 35 heavy (non-hydrogen) atoms. The highest BCUT2D eigenvalue weighted by Crippen LogP contribution is 2.28. The van der Waals surface area contributed by atoms with Crippen LogP contribution >= 0.6 is 11.8 Å². The smallest absolute Gasteiger partial charge is 0.309 e. The summed E-state index contributed by atoms with van der Waals surface area (Å²) < 4.78 is 11.0. The van der Waals surface area contributed by atoms with Gasteiger partial charge in [-0.2, -0.15) is 0 Å². The van der Waals surface area contributed by atoms with Gasteiger partial charge in [0.25, 0.3) is 5.91 Å². The first-order valence-electron chi connectivity index (χ1n) is 12.8. The van der Waals surface area contributed by atoms with Gasteiger partial charge in [0.15, 0.2) is 10.9 Å². The number of nitrogens with zero attached hydrogens (tertiary/aromatic N) is 4. The molecule has 0 aliphatic carbocycles. The minimum absolute atomic E-state index is 0.126. The molecule has 1 amide bonds. The molecular weight excluding hydrogens is 464 g/mol. The third-order valence-electron chi connectivity index (χ3n) is 6.82. The minimum atomic E-state index is -0.163. The third kappa shape index (κ3) is 6.37. The van der Waals surface area contributed by atoms with Crippen LogP contribution in [0.4, 0.5) is 5.82 Å². The van der Waals surface area contributed by atoms with Gasteiger partial charge in [0.2, 0.25) is 0 Å². The first-order valence-corrected chi connectivity index (χ1v) is 13.8. The summed E-state index contributed by atoms with van der Waals surface area (Å²) in [6.07, 6.45) is 5.76. The van der Waals surface area contributed by atoms with E-state index >= 15 is 0 Å². The molecule has 1 unspecified atom stereocenters. The van der Waals surface area contributed by atoms with Gasteiger partial charge in [-0.1, -0.05) is 18.7 Å². The van der Waals surface area contributed by atoms with Crippen molar-refractivity contribution in [1.29, 1.82) is 0 Å². The fourth-order valence-electron chi connectivity index (χ4n) is 4.73. The number of piperidine rings is 2. The van der Waals surface area contributed by atoms with Crippen LogP contribution in [-0.4, -0.2) is 59.0 Å². The maximum Gasteiger partial charge on any atom is 0.309 e. The maximum absolute atomic E-state index is 12.9. The summed E-state index contributed by atoms with van der Waals surface area (Å²) >= 11 is 1.53. The second-order valence-corrected chi connectivity index (χ2v) is 10.2. The largest absolute Gasteiger partial charge is 0.466 e. The lowest BCUT2D eigenvalue weighted by atomic mass is 9.97. The number of amides is 1. The van der Waals surface area contributed by atoms with Crippen molar-refractivity contribution in [2.75, 3.05) is 31.1 Å². The van der Waals surface area contributed by atoms with Crippen molar-refractivity contribution in [3.63, 3.8) is 0 Å². The fourth-order valence-corrected chi connectivity index (χ4v) is 5.50. The summed E-state index contributed by atoms with van der Waals surface area (Å²) in [5.74, 6) is 2.20. The van der Waals surface area contributed by atoms with Crippen molar-refractivity contribution >= 4 is 29.5 Å². The molecule has 1 atom stereocenters.